The molecule has 0 spiro atoms. The summed E-state index contributed by atoms with van der Waals surface area (Å²) in [6, 6.07) is 0. The van der Waals surface area contributed by atoms with E-state index in [1.54, 1.807) is 13.8 Å². The van der Waals surface area contributed by atoms with E-state index in [-0.39, 0.29) is 16.5 Å². The molecule has 1 amide bonds. The Hall–Kier alpha value is -2.02. The molecule has 0 fully saturated rings. The molecule has 0 saturated heterocycles. The highest BCUT2D eigenvalue weighted by molar-refractivity contribution is 5.73. The van der Waals surface area contributed by atoms with Gasteiger partial charge in [0.25, 0.3) is 5.69 Å². The number of nitrogens with zero attached hydrogens (tertiary/aromatic N) is 2. The number of nitrogens with one attached hydrogen (secondary N) is 1. The first kappa shape index (κ1) is 16.0. The number of pyridine rings is 1. The standard InChI is InChI=1S/C13H20N4O3/c1-9-7-16-11(10(2)13(9)17(19)20)8-15-6-4-3-5-12(14)18/h7,15H,3-6,8H2,1-2H3,(H2,14,18). The maximum Gasteiger partial charge on any atom is 0.278 e. The number of unbranched alkanes of at least 4 members (excludes halogenated alkanes) is 1. The van der Waals surface area contributed by atoms with Gasteiger partial charge in [-0.1, -0.05) is 0 Å². The van der Waals surface area contributed by atoms with Crippen LogP contribution in [0.3, 0.4) is 0 Å². The molecule has 0 aliphatic heterocycles. The molecule has 1 aromatic rings. The highest BCUT2D eigenvalue weighted by Crippen LogP contribution is 2.23. The summed E-state index contributed by atoms with van der Waals surface area (Å²) < 4.78 is 0. The van der Waals surface area contributed by atoms with E-state index >= 15 is 0 Å². The molecule has 0 atom stereocenters. The minimum Gasteiger partial charge on any atom is -0.370 e. The second-order valence-electron chi connectivity index (χ2n) is 4.72. The first-order valence-corrected chi connectivity index (χ1v) is 6.52. The van der Waals surface area contributed by atoms with Crippen molar-refractivity contribution in [2.75, 3.05) is 6.54 Å². The van der Waals surface area contributed by atoms with Gasteiger partial charge < -0.3 is 11.1 Å². The van der Waals surface area contributed by atoms with Crippen LogP contribution in [0.15, 0.2) is 6.20 Å². The molecule has 0 radical (unpaired) electrons. The molecular weight excluding hydrogens is 260 g/mol. The SMILES string of the molecule is Cc1cnc(CNCCCCC(N)=O)c(C)c1[N+](=O)[O-]. The van der Waals surface area contributed by atoms with Crippen LogP contribution < -0.4 is 11.1 Å². The van der Waals surface area contributed by atoms with E-state index in [0.29, 0.717) is 29.8 Å². The predicted molar refractivity (Wildman–Crippen MR) is 75.1 cm³/mol. The molecule has 0 unspecified atom stereocenters. The van der Waals surface area contributed by atoms with Crippen LogP contribution in [0.1, 0.15) is 36.1 Å². The molecule has 0 aromatic carbocycles. The molecule has 7 nitrogen and oxygen atoms in total. The monoisotopic (exact) mass is 280 g/mol. The van der Waals surface area contributed by atoms with Gasteiger partial charge in [-0.3, -0.25) is 19.9 Å². The molecule has 0 aliphatic carbocycles. The van der Waals surface area contributed by atoms with Crippen LogP contribution in [0.25, 0.3) is 0 Å². The van der Waals surface area contributed by atoms with E-state index in [1.807, 2.05) is 0 Å². The maximum atomic E-state index is 11.0. The zero-order valence-electron chi connectivity index (χ0n) is 11.8. The summed E-state index contributed by atoms with van der Waals surface area (Å²) in [5.74, 6) is -0.295. The van der Waals surface area contributed by atoms with Crippen molar-refractivity contribution in [2.24, 2.45) is 5.73 Å². The molecule has 20 heavy (non-hydrogen) atoms. The van der Waals surface area contributed by atoms with Crippen molar-refractivity contribution in [3.05, 3.63) is 33.1 Å². The number of amides is 1. The molecule has 1 heterocycles. The highest BCUT2D eigenvalue weighted by Gasteiger charge is 2.18. The normalized spacial score (nSPS) is 10.5. The van der Waals surface area contributed by atoms with Crippen molar-refractivity contribution < 1.29 is 9.72 Å². The number of carbonyl (C=O) groups is 1. The van der Waals surface area contributed by atoms with Crippen LogP contribution in [0.4, 0.5) is 5.69 Å². The second kappa shape index (κ2) is 7.54. The van der Waals surface area contributed by atoms with Crippen molar-refractivity contribution in [3.63, 3.8) is 0 Å². The number of nitrogens with two attached hydrogens (primary N) is 1. The number of nitro groups is 1. The van der Waals surface area contributed by atoms with Gasteiger partial charge in [0.05, 0.1) is 10.6 Å². The molecule has 3 N–H and O–H groups in total. The Morgan fingerprint density at radius 2 is 2.15 bits per heavy atom. The Balaban J connectivity index is 2.51. The van der Waals surface area contributed by atoms with E-state index in [9.17, 15) is 14.9 Å². The molecule has 7 heteroatoms. The van der Waals surface area contributed by atoms with E-state index in [4.69, 9.17) is 5.73 Å². The van der Waals surface area contributed by atoms with E-state index in [1.165, 1.54) is 6.20 Å². The number of aryl methyl sites for hydroxylation is 1. The largest absolute Gasteiger partial charge is 0.370 e. The third kappa shape index (κ3) is 4.58. The summed E-state index contributed by atoms with van der Waals surface area (Å²) >= 11 is 0. The lowest BCUT2D eigenvalue weighted by Crippen LogP contribution is -2.18. The third-order valence-electron chi connectivity index (χ3n) is 3.08. The summed E-state index contributed by atoms with van der Waals surface area (Å²) in [5, 5.41) is 14.2. The zero-order valence-corrected chi connectivity index (χ0v) is 11.8. The minimum absolute atomic E-state index is 0.130. The lowest BCUT2D eigenvalue weighted by atomic mass is 10.1. The van der Waals surface area contributed by atoms with E-state index < -0.39 is 0 Å². The summed E-state index contributed by atoms with van der Waals surface area (Å²) in [4.78, 5) is 25.4. The Morgan fingerprint density at radius 3 is 2.75 bits per heavy atom. The first-order chi connectivity index (χ1) is 9.43. The Bertz CT molecular complexity index is 503. The van der Waals surface area contributed by atoms with Crippen molar-refractivity contribution in [3.8, 4) is 0 Å². The molecule has 0 bridgehead atoms. The lowest BCUT2D eigenvalue weighted by Gasteiger charge is -2.08. The van der Waals surface area contributed by atoms with Crippen LogP contribution in [0.5, 0.6) is 0 Å². The van der Waals surface area contributed by atoms with Gasteiger partial charge in [0.15, 0.2) is 0 Å². The second-order valence-corrected chi connectivity index (χ2v) is 4.72. The number of carbonyl (C=O) groups excluding carboxylic acids is 1. The van der Waals surface area contributed by atoms with E-state index in [2.05, 4.69) is 10.3 Å². The van der Waals surface area contributed by atoms with Crippen LogP contribution >= 0.6 is 0 Å². The van der Waals surface area contributed by atoms with Crippen LogP contribution in [0.2, 0.25) is 0 Å². The predicted octanol–water partition coefficient (Wildman–Crippen LogP) is 1.35. The fourth-order valence-corrected chi connectivity index (χ4v) is 1.98. The van der Waals surface area contributed by atoms with Crippen LogP contribution in [0, 0.1) is 24.0 Å². The number of primary amides is 1. The zero-order chi connectivity index (χ0) is 15.1. The van der Waals surface area contributed by atoms with Crippen molar-refractivity contribution >= 4 is 11.6 Å². The highest BCUT2D eigenvalue weighted by atomic mass is 16.6. The Morgan fingerprint density at radius 1 is 1.45 bits per heavy atom. The first-order valence-electron chi connectivity index (χ1n) is 6.52. The van der Waals surface area contributed by atoms with Gasteiger partial charge in [0.1, 0.15) is 0 Å². The Labute approximate surface area is 117 Å². The quantitative estimate of drug-likeness (QED) is 0.424. The molecule has 1 rings (SSSR count). The number of hydrogen-bond donors (Lipinski definition) is 2. The number of rotatable bonds is 8. The van der Waals surface area contributed by atoms with E-state index in [0.717, 1.165) is 19.4 Å². The van der Waals surface area contributed by atoms with Crippen molar-refractivity contribution in [2.45, 2.75) is 39.7 Å². The maximum absolute atomic E-state index is 11.0. The molecule has 1 aromatic heterocycles. The van der Waals surface area contributed by atoms with Gasteiger partial charge in [0, 0.05) is 30.3 Å². The van der Waals surface area contributed by atoms with Gasteiger partial charge in [-0.05, 0) is 33.2 Å². The molecular formula is C13H20N4O3. The van der Waals surface area contributed by atoms with Gasteiger partial charge in [-0.15, -0.1) is 0 Å². The smallest absolute Gasteiger partial charge is 0.278 e. The van der Waals surface area contributed by atoms with Crippen LogP contribution in [-0.4, -0.2) is 22.4 Å². The minimum atomic E-state index is -0.372. The summed E-state index contributed by atoms with van der Waals surface area (Å²) in [7, 11) is 0. The third-order valence-corrected chi connectivity index (χ3v) is 3.08. The van der Waals surface area contributed by atoms with Crippen molar-refractivity contribution in [1.29, 1.82) is 0 Å². The van der Waals surface area contributed by atoms with Gasteiger partial charge >= 0.3 is 0 Å². The molecule has 110 valence electrons. The van der Waals surface area contributed by atoms with Crippen molar-refractivity contribution in [1.82, 2.24) is 10.3 Å². The Kier molecular flexibility index (Phi) is 6.05. The fourth-order valence-electron chi connectivity index (χ4n) is 1.98. The molecule has 0 aliphatic rings. The van der Waals surface area contributed by atoms with Crippen LogP contribution in [-0.2, 0) is 11.3 Å². The topological polar surface area (TPSA) is 111 Å². The molecule has 0 saturated carbocycles. The fraction of sp³-hybridized carbons (Fsp3) is 0.538. The van der Waals surface area contributed by atoms with Gasteiger partial charge in [-0.25, -0.2) is 0 Å². The average molecular weight is 280 g/mol. The summed E-state index contributed by atoms with van der Waals surface area (Å²) in [5.41, 5.74) is 7.02. The number of hydrogen-bond acceptors (Lipinski definition) is 5. The average Bonchev–Trinajstić information content (AvgIpc) is 2.35. The number of aromatic nitrogens is 1. The summed E-state index contributed by atoms with van der Waals surface area (Å²) in [6.45, 7) is 4.58. The van der Waals surface area contributed by atoms with Gasteiger partial charge in [0.2, 0.25) is 5.91 Å². The van der Waals surface area contributed by atoms with Gasteiger partial charge in [-0.2, -0.15) is 0 Å². The lowest BCUT2D eigenvalue weighted by molar-refractivity contribution is -0.386. The summed E-state index contributed by atoms with van der Waals surface area (Å²) in [6.07, 6.45) is 3.48.